The van der Waals surface area contributed by atoms with Gasteiger partial charge in [0, 0.05) is 38.4 Å². The van der Waals surface area contributed by atoms with E-state index in [1.807, 2.05) is 41.5 Å². The SMILES string of the molecule is C.C.CC.CC.CC.CC(C)(C)C1CCCCO1.CC(C)(C)C1CCCOC1.CC(C)(C)N1CCOCC1. The highest BCUT2D eigenvalue weighted by atomic mass is 16.5. The number of ether oxygens (including phenoxy) is 3. The summed E-state index contributed by atoms with van der Waals surface area (Å²) in [6.45, 7) is 39.3. The van der Waals surface area contributed by atoms with Gasteiger partial charge in [0.05, 0.1) is 19.3 Å². The van der Waals surface area contributed by atoms with Crippen LogP contribution in [0.1, 0.15) is 151 Å². The molecule has 3 saturated heterocycles. The zero-order valence-electron chi connectivity index (χ0n) is 27.8. The third-order valence-electron chi connectivity index (χ3n) is 6.49. The van der Waals surface area contributed by atoms with Crippen LogP contribution in [0.5, 0.6) is 0 Å². The van der Waals surface area contributed by atoms with E-state index in [0.29, 0.717) is 22.5 Å². The lowest BCUT2D eigenvalue weighted by molar-refractivity contribution is -0.0474. The van der Waals surface area contributed by atoms with Gasteiger partial charge in [0.25, 0.3) is 0 Å². The summed E-state index contributed by atoms with van der Waals surface area (Å²) in [7, 11) is 0. The maximum atomic E-state index is 5.64. The summed E-state index contributed by atoms with van der Waals surface area (Å²) >= 11 is 0. The largest absolute Gasteiger partial charge is 0.381 e. The first kappa shape index (κ1) is 47.6. The molecule has 3 rings (SSSR count). The quantitative estimate of drug-likeness (QED) is 0.301. The monoisotopic (exact) mass is 550 g/mol. The van der Waals surface area contributed by atoms with Gasteiger partial charge in [0.2, 0.25) is 0 Å². The van der Waals surface area contributed by atoms with Crippen LogP contribution in [0.15, 0.2) is 0 Å². The van der Waals surface area contributed by atoms with E-state index in [1.54, 1.807) is 0 Å². The molecule has 0 spiro atoms. The third kappa shape index (κ3) is 24.9. The molecular weight excluding hydrogens is 470 g/mol. The summed E-state index contributed by atoms with van der Waals surface area (Å²) in [6.07, 6.45) is 6.96. The normalized spacial score (nSPS) is 21.6. The molecule has 0 aliphatic carbocycles. The number of hydrogen-bond acceptors (Lipinski definition) is 4. The van der Waals surface area contributed by atoms with Crippen LogP contribution < -0.4 is 0 Å². The van der Waals surface area contributed by atoms with Gasteiger partial charge < -0.3 is 14.2 Å². The lowest BCUT2D eigenvalue weighted by atomic mass is 9.78. The fourth-order valence-corrected chi connectivity index (χ4v) is 4.08. The van der Waals surface area contributed by atoms with E-state index in [1.165, 1.54) is 32.1 Å². The van der Waals surface area contributed by atoms with Crippen molar-refractivity contribution in [3.05, 3.63) is 0 Å². The van der Waals surface area contributed by atoms with Crippen molar-refractivity contribution in [1.82, 2.24) is 4.90 Å². The van der Waals surface area contributed by atoms with Crippen molar-refractivity contribution in [2.75, 3.05) is 46.1 Å². The second-order valence-corrected chi connectivity index (χ2v) is 12.3. The lowest BCUT2D eigenvalue weighted by Gasteiger charge is -2.38. The van der Waals surface area contributed by atoms with Crippen molar-refractivity contribution in [3.8, 4) is 0 Å². The molecule has 3 aliphatic heterocycles. The van der Waals surface area contributed by atoms with Crippen LogP contribution in [-0.2, 0) is 14.2 Å². The molecule has 0 aromatic carbocycles. The van der Waals surface area contributed by atoms with Gasteiger partial charge in [-0.1, -0.05) is 97.9 Å². The van der Waals surface area contributed by atoms with Crippen LogP contribution in [0.3, 0.4) is 0 Å². The minimum atomic E-state index is 0. The Morgan fingerprint density at radius 2 is 1.05 bits per heavy atom. The molecular formula is C34H79NO3. The molecule has 2 atom stereocenters. The van der Waals surface area contributed by atoms with Crippen molar-refractivity contribution in [3.63, 3.8) is 0 Å². The van der Waals surface area contributed by atoms with Crippen LogP contribution in [0, 0.1) is 16.7 Å². The van der Waals surface area contributed by atoms with E-state index >= 15 is 0 Å². The Kier molecular flexibility index (Phi) is 33.9. The Balaban J connectivity index is -0.000000127. The molecule has 3 aliphatic rings. The fraction of sp³-hybridized carbons (Fsp3) is 1.00. The van der Waals surface area contributed by atoms with E-state index in [-0.39, 0.29) is 14.9 Å². The minimum absolute atomic E-state index is 0. The topological polar surface area (TPSA) is 30.9 Å². The minimum Gasteiger partial charge on any atom is -0.381 e. The van der Waals surface area contributed by atoms with Gasteiger partial charge >= 0.3 is 0 Å². The Bertz CT molecular complexity index is 362. The summed E-state index contributed by atoms with van der Waals surface area (Å²) < 4.78 is 16.3. The molecule has 0 bridgehead atoms. The Labute approximate surface area is 244 Å². The Hall–Kier alpha value is -0.160. The predicted molar refractivity (Wildman–Crippen MR) is 176 cm³/mol. The molecule has 4 nitrogen and oxygen atoms in total. The van der Waals surface area contributed by atoms with Crippen LogP contribution >= 0.6 is 0 Å². The van der Waals surface area contributed by atoms with E-state index in [2.05, 4.69) is 67.2 Å². The zero-order chi connectivity index (χ0) is 28.8. The molecule has 0 aromatic rings. The van der Waals surface area contributed by atoms with E-state index in [4.69, 9.17) is 14.2 Å². The fourth-order valence-electron chi connectivity index (χ4n) is 4.08. The molecule has 4 heteroatoms. The molecule has 2 unspecified atom stereocenters. The van der Waals surface area contributed by atoms with E-state index in [9.17, 15) is 0 Å². The highest BCUT2D eigenvalue weighted by Crippen LogP contribution is 2.32. The van der Waals surface area contributed by atoms with E-state index in [0.717, 1.165) is 52.0 Å². The number of morpholine rings is 1. The Morgan fingerprint density at radius 3 is 1.29 bits per heavy atom. The van der Waals surface area contributed by atoms with Gasteiger partial charge in [0.15, 0.2) is 0 Å². The van der Waals surface area contributed by atoms with Crippen LogP contribution in [0.25, 0.3) is 0 Å². The van der Waals surface area contributed by atoms with E-state index < -0.39 is 0 Å². The maximum absolute atomic E-state index is 5.64. The van der Waals surface area contributed by atoms with Gasteiger partial charge in [-0.2, -0.15) is 0 Å². The number of hydrogen-bond donors (Lipinski definition) is 0. The van der Waals surface area contributed by atoms with Crippen LogP contribution in [0.2, 0.25) is 0 Å². The smallest absolute Gasteiger partial charge is 0.0623 e. The summed E-state index contributed by atoms with van der Waals surface area (Å²) in [6, 6.07) is 0. The highest BCUT2D eigenvalue weighted by molar-refractivity contribution is 4.78. The molecule has 0 aromatic heterocycles. The van der Waals surface area contributed by atoms with Crippen molar-refractivity contribution in [1.29, 1.82) is 0 Å². The van der Waals surface area contributed by atoms with Crippen LogP contribution in [0.4, 0.5) is 0 Å². The van der Waals surface area contributed by atoms with Crippen molar-refractivity contribution >= 4 is 0 Å². The molecule has 0 saturated carbocycles. The second kappa shape index (κ2) is 27.0. The van der Waals surface area contributed by atoms with Gasteiger partial charge in [-0.3, -0.25) is 4.90 Å². The highest BCUT2D eigenvalue weighted by Gasteiger charge is 2.27. The van der Waals surface area contributed by atoms with Crippen molar-refractivity contribution in [2.24, 2.45) is 16.7 Å². The molecule has 38 heavy (non-hydrogen) atoms. The third-order valence-corrected chi connectivity index (χ3v) is 6.49. The summed E-state index contributed by atoms with van der Waals surface area (Å²) in [5, 5.41) is 0. The lowest BCUT2D eigenvalue weighted by Crippen LogP contribution is -2.47. The van der Waals surface area contributed by atoms with Crippen molar-refractivity contribution in [2.45, 2.75) is 162 Å². The number of rotatable bonds is 0. The summed E-state index contributed by atoms with van der Waals surface area (Å²) in [4.78, 5) is 2.45. The summed E-state index contributed by atoms with van der Waals surface area (Å²) in [5.41, 5.74) is 1.12. The second-order valence-electron chi connectivity index (χ2n) is 12.3. The molecule has 0 radical (unpaired) electrons. The molecule has 0 N–H and O–H groups in total. The van der Waals surface area contributed by atoms with Gasteiger partial charge in [-0.25, -0.2) is 0 Å². The molecule has 0 amide bonds. The molecule has 238 valence electrons. The average molecular weight is 550 g/mol. The van der Waals surface area contributed by atoms with Gasteiger partial charge in [0.1, 0.15) is 0 Å². The zero-order valence-corrected chi connectivity index (χ0v) is 27.8. The predicted octanol–water partition coefficient (Wildman–Crippen LogP) is 10.5. The van der Waals surface area contributed by atoms with Crippen molar-refractivity contribution < 1.29 is 14.2 Å². The van der Waals surface area contributed by atoms with Crippen LogP contribution in [-0.4, -0.2) is 62.7 Å². The Morgan fingerprint density at radius 1 is 0.553 bits per heavy atom. The standard InChI is InChI=1S/2C9H18O.C8H17NO.3C2H6.2CH4/c1-9(2,3)8-5-4-6-10-7-8;1-9(2,3)8-6-4-5-7-10-8;1-8(2,3)9-4-6-10-7-5-9;3*1-2;;/h2*8H,4-7H2,1-3H3;4-7H2,1-3H3;3*1-2H3;2*1H4. The first-order chi connectivity index (χ1) is 16.8. The first-order valence-corrected chi connectivity index (χ1v) is 15.3. The number of nitrogens with zero attached hydrogens (tertiary/aromatic N) is 1. The average Bonchev–Trinajstić information content (AvgIpc) is 2.89. The molecule has 3 heterocycles. The maximum Gasteiger partial charge on any atom is 0.0623 e. The van der Waals surface area contributed by atoms with Gasteiger partial charge in [-0.05, 0) is 69.6 Å². The van der Waals surface area contributed by atoms with Gasteiger partial charge in [-0.15, -0.1) is 0 Å². The summed E-state index contributed by atoms with van der Waals surface area (Å²) in [5.74, 6) is 0.779. The molecule has 3 fully saturated rings. The first-order valence-electron chi connectivity index (χ1n) is 15.3.